The maximum Gasteiger partial charge on any atom is 0.252 e. The summed E-state index contributed by atoms with van der Waals surface area (Å²) in [5, 5.41) is 7.66. The molecule has 0 aromatic rings. The Morgan fingerprint density at radius 1 is 0.935 bits per heavy atom. The van der Waals surface area contributed by atoms with Crippen molar-refractivity contribution >= 4 is 21.7 Å². The number of hydrogen-bond donors (Lipinski definition) is 1. The van der Waals surface area contributed by atoms with Crippen molar-refractivity contribution in [2.24, 2.45) is 0 Å². The number of amides is 2. The van der Waals surface area contributed by atoms with E-state index in [2.05, 4.69) is 13.8 Å². The zero-order valence-electron chi connectivity index (χ0n) is 19.6. The molecule has 1 fully saturated rings. The number of unbranched alkanes of at least 4 members (excludes halogenated alkanes) is 11. The van der Waals surface area contributed by atoms with E-state index in [0.717, 1.165) is 43.4 Å². The third-order valence-electron chi connectivity index (χ3n) is 5.93. The molecule has 0 spiro atoms. The van der Waals surface area contributed by atoms with E-state index >= 15 is 0 Å². The highest BCUT2D eigenvalue weighted by Crippen LogP contribution is 2.28. The number of sulfone groups is 1. The molecular weight excluding hydrogens is 414 g/mol. The van der Waals surface area contributed by atoms with E-state index in [1.54, 1.807) is 0 Å². The summed E-state index contributed by atoms with van der Waals surface area (Å²) in [5.74, 6) is -1.56. The first-order chi connectivity index (χ1) is 14.9. The highest BCUT2D eigenvalue weighted by molar-refractivity contribution is 7.92. The van der Waals surface area contributed by atoms with Gasteiger partial charge < -0.3 is 5.11 Å². The Labute approximate surface area is 189 Å². The van der Waals surface area contributed by atoms with Crippen LogP contribution >= 0.6 is 0 Å². The van der Waals surface area contributed by atoms with Gasteiger partial charge in [-0.25, -0.2) is 8.42 Å². The largest absolute Gasteiger partial charge is 0.395 e. The van der Waals surface area contributed by atoms with Crippen LogP contribution in [0.3, 0.4) is 0 Å². The minimum Gasteiger partial charge on any atom is -0.395 e. The standard InChI is InChI=1S/C24H43NO5S/c1-3-5-7-9-11-13-15-17-21(16-14-12-10-8-6-4-2)25-23(27)20-22(24(25)28)31(29,30)19-18-26/h17,22,26H,3-16,18-20H2,1-2H3/b21-17+. The Balaban J connectivity index is 2.77. The molecule has 1 atom stereocenters. The molecule has 1 aliphatic heterocycles. The zero-order valence-corrected chi connectivity index (χ0v) is 20.4. The second-order valence-corrected chi connectivity index (χ2v) is 10.9. The average molecular weight is 458 g/mol. The molecule has 1 unspecified atom stereocenters. The van der Waals surface area contributed by atoms with Crippen molar-refractivity contribution in [2.75, 3.05) is 12.4 Å². The molecule has 2 amide bonds. The van der Waals surface area contributed by atoms with E-state index in [1.165, 1.54) is 44.9 Å². The number of rotatable bonds is 18. The number of aliphatic hydroxyl groups is 1. The first-order valence-corrected chi connectivity index (χ1v) is 14.0. The number of likely N-dealkylation sites (tertiary alicyclic amines) is 1. The monoisotopic (exact) mass is 457 g/mol. The third kappa shape index (κ3) is 9.85. The van der Waals surface area contributed by atoms with Gasteiger partial charge >= 0.3 is 0 Å². The van der Waals surface area contributed by atoms with Crippen LogP contribution in [0.25, 0.3) is 0 Å². The van der Waals surface area contributed by atoms with Crippen molar-refractivity contribution in [3.63, 3.8) is 0 Å². The van der Waals surface area contributed by atoms with E-state index < -0.39 is 39.3 Å². The van der Waals surface area contributed by atoms with Gasteiger partial charge in [-0.2, -0.15) is 0 Å². The fraction of sp³-hybridized carbons (Fsp3) is 0.833. The highest BCUT2D eigenvalue weighted by Gasteiger charge is 2.46. The molecule has 6 nitrogen and oxygen atoms in total. The Morgan fingerprint density at radius 3 is 2.06 bits per heavy atom. The minimum absolute atomic E-state index is 0.313. The topological polar surface area (TPSA) is 91.8 Å². The molecule has 1 aliphatic rings. The summed E-state index contributed by atoms with van der Waals surface area (Å²) >= 11 is 0. The predicted molar refractivity (Wildman–Crippen MR) is 125 cm³/mol. The third-order valence-corrected chi connectivity index (χ3v) is 7.91. The SMILES string of the molecule is CCCCCCCC/C=C(\CCCCCCCC)N1C(=O)CC(S(=O)(=O)CCO)C1=O. The van der Waals surface area contributed by atoms with E-state index in [0.29, 0.717) is 12.1 Å². The van der Waals surface area contributed by atoms with E-state index in [1.807, 2.05) is 6.08 Å². The second kappa shape index (κ2) is 15.6. The van der Waals surface area contributed by atoms with Crippen LogP contribution in [0.15, 0.2) is 11.8 Å². The van der Waals surface area contributed by atoms with Crippen LogP contribution < -0.4 is 0 Å². The van der Waals surface area contributed by atoms with Crippen LogP contribution in [0.4, 0.5) is 0 Å². The average Bonchev–Trinajstić information content (AvgIpc) is 3.03. The van der Waals surface area contributed by atoms with Gasteiger partial charge in [0.2, 0.25) is 5.91 Å². The van der Waals surface area contributed by atoms with Gasteiger partial charge in [0.25, 0.3) is 5.91 Å². The van der Waals surface area contributed by atoms with Gasteiger partial charge in [-0.3, -0.25) is 14.5 Å². The van der Waals surface area contributed by atoms with Crippen LogP contribution in [-0.2, 0) is 19.4 Å². The highest BCUT2D eigenvalue weighted by atomic mass is 32.2. The van der Waals surface area contributed by atoms with Crippen molar-refractivity contribution in [3.8, 4) is 0 Å². The zero-order chi connectivity index (χ0) is 23.1. The lowest BCUT2D eigenvalue weighted by molar-refractivity contribution is -0.136. The number of allylic oxidation sites excluding steroid dienone is 2. The number of carbonyl (C=O) groups excluding carboxylic acids is 2. The lowest BCUT2D eigenvalue weighted by Gasteiger charge is -2.19. The van der Waals surface area contributed by atoms with E-state index in [-0.39, 0.29) is 6.42 Å². The Kier molecular flexibility index (Phi) is 14.0. The van der Waals surface area contributed by atoms with Crippen molar-refractivity contribution in [2.45, 2.75) is 115 Å². The van der Waals surface area contributed by atoms with Gasteiger partial charge in [0.15, 0.2) is 9.84 Å². The lowest BCUT2D eigenvalue weighted by atomic mass is 10.1. The van der Waals surface area contributed by atoms with Crippen LogP contribution in [-0.4, -0.2) is 47.8 Å². The molecule has 1 rings (SSSR count). The molecule has 7 heteroatoms. The second-order valence-electron chi connectivity index (χ2n) is 8.62. The molecule has 0 aliphatic carbocycles. The minimum atomic E-state index is -3.82. The van der Waals surface area contributed by atoms with Crippen LogP contribution in [0.2, 0.25) is 0 Å². The van der Waals surface area contributed by atoms with Crippen LogP contribution in [0, 0.1) is 0 Å². The molecule has 0 saturated carbocycles. The van der Waals surface area contributed by atoms with Crippen molar-refractivity contribution in [1.82, 2.24) is 4.90 Å². The van der Waals surface area contributed by atoms with Gasteiger partial charge in [-0.05, 0) is 25.7 Å². The van der Waals surface area contributed by atoms with Gasteiger partial charge in [-0.15, -0.1) is 0 Å². The van der Waals surface area contributed by atoms with Crippen molar-refractivity contribution in [1.29, 1.82) is 0 Å². The van der Waals surface area contributed by atoms with Crippen LogP contribution in [0.5, 0.6) is 0 Å². The number of carbonyl (C=O) groups is 2. The summed E-state index contributed by atoms with van der Waals surface area (Å²) in [6.45, 7) is 3.82. The molecule has 0 bridgehead atoms. The fourth-order valence-corrected chi connectivity index (χ4v) is 5.39. The maximum absolute atomic E-state index is 12.9. The summed E-state index contributed by atoms with van der Waals surface area (Å²) in [6.07, 6.45) is 16.7. The van der Waals surface area contributed by atoms with E-state index in [4.69, 9.17) is 5.11 Å². The number of nitrogens with zero attached hydrogens (tertiary/aromatic N) is 1. The number of hydrogen-bond acceptors (Lipinski definition) is 5. The summed E-state index contributed by atoms with van der Waals surface area (Å²) < 4.78 is 24.6. The molecule has 31 heavy (non-hydrogen) atoms. The Hall–Kier alpha value is -1.21. The Bertz CT molecular complexity index is 671. The van der Waals surface area contributed by atoms with E-state index in [9.17, 15) is 18.0 Å². The summed E-state index contributed by atoms with van der Waals surface area (Å²) in [7, 11) is -3.82. The molecule has 1 N–H and O–H groups in total. The number of aliphatic hydroxyl groups excluding tert-OH is 1. The lowest BCUT2D eigenvalue weighted by Crippen LogP contribution is -2.36. The normalized spacial score (nSPS) is 17.7. The molecule has 0 aromatic heterocycles. The summed E-state index contributed by atoms with van der Waals surface area (Å²) in [4.78, 5) is 26.6. The molecule has 0 radical (unpaired) electrons. The first kappa shape index (κ1) is 27.8. The molecular formula is C24H43NO5S. The number of imide groups is 1. The van der Waals surface area contributed by atoms with Crippen LogP contribution in [0.1, 0.15) is 110 Å². The molecule has 180 valence electrons. The van der Waals surface area contributed by atoms with Gasteiger partial charge in [-0.1, -0.05) is 84.1 Å². The van der Waals surface area contributed by atoms with Crippen molar-refractivity contribution < 1.29 is 23.1 Å². The van der Waals surface area contributed by atoms with Gasteiger partial charge in [0.05, 0.1) is 18.8 Å². The van der Waals surface area contributed by atoms with Gasteiger partial charge in [0.1, 0.15) is 5.25 Å². The molecule has 1 saturated heterocycles. The molecule has 1 heterocycles. The maximum atomic E-state index is 12.9. The van der Waals surface area contributed by atoms with Crippen molar-refractivity contribution in [3.05, 3.63) is 11.8 Å². The quantitative estimate of drug-likeness (QED) is 0.233. The smallest absolute Gasteiger partial charge is 0.252 e. The molecule has 0 aromatic carbocycles. The summed E-state index contributed by atoms with van der Waals surface area (Å²) in [6, 6.07) is 0. The predicted octanol–water partition coefficient (Wildman–Crippen LogP) is 4.91. The summed E-state index contributed by atoms with van der Waals surface area (Å²) in [5.41, 5.74) is 0.667. The Morgan fingerprint density at radius 2 is 1.48 bits per heavy atom. The van der Waals surface area contributed by atoms with Gasteiger partial charge in [0, 0.05) is 5.70 Å². The fourth-order valence-electron chi connectivity index (χ4n) is 4.04. The first-order valence-electron chi connectivity index (χ1n) is 12.3.